The monoisotopic (exact) mass is 459 g/mol. The number of aliphatic hydroxyl groups excluding tert-OH is 1. The Kier molecular flexibility index (Phi) is 4.57. The minimum Gasteiger partial charge on any atom is -0.377 e. The molecule has 12 heteroatoms. The molecule has 9 nitrogen and oxygen atoms in total. The van der Waals surface area contributed by atoms with E-state index in [0.29, 0.717) is 16.8 Å². The Labute approximate surface area is 179 Å². The van der Waals surface area contributed by atoms with E-state index >= 15 is 0 Å². The predicted octanol–water partition coefficient (Wildman–Crippen LogP) is 1.84. The van der Waals surface area contributed by atoms with Crippen molar-refractivity contribution in [1.82, 2.24) is 24.1 Å². The van der Waals surface area contributed by atoms with E-state index in [1.54, 1.807) is 17.6 Å². The van der Waals surface area contributed by atoms with Gasteiger partial charge in [-0.2, -0.15) is 17.6 Å². The molecule has 1 atom stereocenters. The molecule has 1 aliphatic rings. The lowest BCUT2D eigenvalue weighted by atomic mass is 10.2. The first-order valence-electron chi connectivity index (χ1n) is 9.08. The van der Waals surface area contributed by atoms with Crippen LogP contribution in [0.1, 0.15) is 23.1 Å². The third-order valence-electron chi connectivity index (χ3n) is 5.00. The Balaban J connectivity index is 1.37. The van der Waals surface area contributed by atoms with Crippen molar-refractivity contribution < 1.29 is 22.7 Å². The SMILES string of the molecule is O=C(C(O)c1ncccc1F)N1Cc2cn(S(=O)(=O)c3ccc4ncsc4c3)nc2C1. The number of pyridine rings is 1. The first-order valence-corrected chi connectivity index (χ1v) is 11.4. The molecule has 0 spiro atoms. The van der Waals surface area contributed by atoms with Crippen molar-refractivity contribution in [2.45, 2.75) is 24.1 Å². The van der Waals surface area contributed by atoms with Gasteiger partial charge in [-0.15, -0.1) is 11.3 Å². The minimum absolute atomic E-state index is 0.00389. The van der Waals surface area contributed by atoms with E-state index < -0.39 is 27.9 Å². The summed E-state index contributed by atoms with van der Waals surface area (Å²) in [6.45, 7) is 0.0408. The van der Waals surface area contributed by atoms with Crippen LogP contribution in [0.25, 0.3) is 10.2 Å². The van der Waals surface area contributed by atoms with Gasteiger partial charge in [0.15, 0.2) is 6.10 Å². The van der Waals surface area contributed by atoms with Crippen LogP contribution in [0.4, 0.5) is 4.39 Å². The van der Waals surface area contributed by atoms with Crippen molar-refractivity contribution in [3.63, 3.8) is 0 Å². The Morgan fingerprint density at radius 3 is 2.84 bits per heavy atom. The molecule has 4 heterocycles. The molecular weight excluding hydrogens is 445 g/mol. The maximum atomic E-state index is 13.8. The second kappa shape index (κ2) is 7.18. The Morgan fingerprint density at radius 2 is 2.06 bits per heavy atom. The van der Waals surface area contributed by atoms with Crippen LogP contribution in [-0.2, 0) is 27.9 Å². The highest BCUT2D eigenvalue weighted by molar-refractivity contribution is 7.89. The second-order valence-corrected chi connectivity index (χ2v) is 9.61. The molecule has 31 heavy (non-hydrogen) atoms. The fourth-order valence-electron chi connectivity index (χ4n) is 3.40. The summed E-state index contributed by atoms with van der Waals surface area (Å²) in [6, 6.07) is 7.11. The fraction of sp³-hybridized carbons (Fsp3) is 0.158. The number of rotatable bonds is 4. The van der Waals surface area contributed by atoms with E-state index in [9.17, 15) is 22.7 Å². The van der Waals surface area contributed by atoms with E-state index in [4.69, 9.17) is 0 Å². The molecule has 1 unspecified atom stereocenters. The van der Waals surface area contributed by atoms with Gasteiger partial charge in [-0.1, -0.05) is 0 Å². The average molecular weight is 459 g/mol. The van der Waals surface area contributed by atoms with Crippen LogP contribution < -0.4 is 0 Å². The van der Waals surface area contributed by atoms with Crippen LogP contribution in [0.2, 0.25) is 0 Å². The van der Waals surface area contributed by atoms with E-state index in [0.717, 1.165) is 14.9 Å². The van der Waals surface area contributed by atoms with Crippen molar-refractivity contribution in [1.29, 1.82) is 0 Å². The van der Waals surface area contributed by atoms with Crippen molar-refractivity contribution in [2.24, 2.45) is 0 Å². The van der Waals surface area contributed by atoms with Crippen LogP contribution in [0.3, 0.4) is 0 Å². The van der Waals surface area contributed by atoms with Gasteiger partial charge in [-0.05, 0) is 30.3 Å². The highest BCUT2D eigenvalue weighted by Crippen LogP contribution is 2.28. The van der Waals surface area contributed by atoms with E-state index in [1.807, 2.05) is 0 Å². The number of carbonyl (C=O) groups excluding carboxylic acids is 1. The van der Waals surface area contributed by atoms with Crippen LogP contribution in [-0.4, -0.2) is 43.5 Å². The maximum absolute atomic E-state index is 13.8. The number of halogens is 1. The van der Waals surface area contributed by atoms with Gasteiger partial charge in [-0.3, -0.25) is 9.78 Å². The number of nitrogens with zero attached hydrogens (tertiary/aromatic N) is 5. The fourth-order valence-corrected chi connectivity index (χ4v) is 5.39. The molecule has 0 saturated carbocycles. The first-order chi connectivity index (χ1) is 14.8. The number of aliphatic hydroxyl groups is 1. The zero-order valence-electron chi connectivity index (χ0n) is 15.7. The maximum Gasteiger partial charge on any atom is 0.283 e. The number of aromatic nitrogens is 4. The number of hydrogen-bond acceptors (Lipinski definition) is 8. The van der Waals surface area contributed by atoms with Crippen LogP contribution in [0, 0.1) is 5.82 Å². The number of benzene rings is 1. The molecule has 158 valence electrons. The largest absolute Gasteiger partial charge is 0.377 e. The van der Waals surface area contributed by atoms with Crippen LogP contribution in [0.15, 0.2) is 53.1 Å². The number of thiazole rings is 1. The lowest BCUT2D eigenvalue weighted by Crippen LogP contribution is -2.32. The summed E-state index contributed by atoms with van der Waals surface area (Å²) >= 11 is 1.34. The summed E-state index contributed by atoms with van der Waals surface area (Å²) < 4.78 is 41.4. The smallest absolute Gasteiger partial charge is 0.283 e. The molecule has 3 aromatic heterocycles. The topological polar surface area (TPSA) is 118 Å². The van der Waals surface area contributed by atoms with Gasteiger partial charge < -0.3 is 10.0 Å². The summed E-state index contributed by atoms with van der Waals surface area (Å²) in [4.78, 5) is 21.8. The lowest BCUT2D eigenvalue weighted by molar-refractivity contribution is -0.141. The quantitative estimate of drug-likeness (QED) is 0.495. The number of carbonyl (C=O) groups is 1. The van der Waals surface area contributed by atoms with Crippen molar-refractivity contribution in [2.75, 3.05) is 0 Å². The van der Waals surface area contributed by atoms with Gasteiger partial charge >= 0.3 is 0 Å². The van der Waals surface area contributed by atoms with Gasteiger partial charge in [0.1, 0.15) is 11.5 Å². The van der Waals surface area contributed by atoms with Crippen LogP contribution >= 0.6 is 11.3 Å². The Bertz CT molecular complexity index is 1410. The minimum atomic E-state index is -3.92. The summed E-state index contributed by atoms with van der Waals surface area (Å²) in [7, 11) is -3.92. The molecule has 5 rings (SSSR count). The average Bonchev–Trinajstić information content (AvgIpc) is 3.47. The molecule has 0 aliphatic carbocycles. The highest BCUT2D eigenvalue weighted by Gasteiger charge is 2.34. The second-order valence-electron chi connectivity index (χ2n) is 6.93. The lowest BCUT2D eigenvalue weighted by Gasteiger charge is -2.19. The highest BCUT2D eigenvalue weighted by atomic mass is 32.2. The van der Waals surface area contributed by atoms with Gasteiger partial charge in [0, 0.05) is 24.5 Å². The van der Waals surface area contributed by atoms with Gasteiger partial charge in [-0.25, -0.2) is 9.37 Å². The van der Waals surface area contributed by atoms with Gasteiger partial charge in [0.2, 0.25) is 0 Å². The molecule has 0 bridgehead atoms. The first kappa shape index (κ1) is 19.7. The molecule has 1 amide bonds. The third-order valence-corrected chi connectivity index (χ3v) is 7.32. The summed E-state index contributed by atoms with van der Waals surface area (Å²) in [5.41, 5.74) is 2.92. The number of amides is 1. The summed E-state index contributed by atoms with van der Waals surface area (Å²) in [6.07, 6.45) is 0.877. The molecule has 1 aromatic carbocycles. The molecule has 1 aliphatic heterocycles. The summed E-state index contributed by atoms with van der Waals surface area (Å²) in [5, 5.41) is 14.4. The molecule has 0 radical (unpaired) electrons. The Hall–Kier alpha value is -3.22. The van der Waals surface area contributed by atoms with Gasteiger partial charge in [0.05, 0.1) is 32.9 Å². The van der Waals surface area contributed by atoms with Crippen molar-refractivity contribution in [3.05, 3.63) is 71.0 Å². The molecule has 0 fully saturated rings. The number of hydrogen-bond donors (Lipinski definition) is 1. The van der Waals surface area contributed by atoms with Crippen molar-refractivity contribution >= 4 is 37.5 Å². The van der Waals surface area contributed by atoms with E-state index in [2.05, 4.69) is 15.1 Å². The van der Waals surface area contributed by atoms with E-state index in [-0.39, 0.29) is 23.7 Å². The van der Waals surface area contributed by atoms with Crippen molar-refractivity contribution in [3.8, 4) is 0 Å². The van der Waals surface area contributed by atoms with Gasteiger partial charge in [0.25, 0.3) is 15.9 Å². The zero-order chi connectivity index (χ0) is 21.8. The number of fused-ring (bicyclic) bond motifs is 2. The molecule has 4 aromatic rings. The predicted molar refractivity (Wildman–Crippen MR) is 108 cm³/mol. The Morgan fingerprint density at radius 1 is 1.23 bits per heavy atom. The molecule has 1 N–H and O–H groups in total. The standard InChI is InChI=1S/C19H14FN5O4S2/c20-13-2-1-5-21-17(13)18(26)19(27)24-7-11-8-25(23-15(11)9-24)31(28,29)12-3-4-14-16(6-12)30-10-22-14/h1-6,8,10,18,26H,7,9H2. The molecule has 0 saturated heterocycles. The van der Waals surface area contributed by atoms with Crippen LogP contribution in [0.5, 0.6) is 0 Å². The third kappa shape index (κ3) is 3.28. The zero-order valence-corrected chi connectivity index (χ0v) is 17.3. The summed E-state index contributed by atoms with van der Waals surface area (Å²) in [5.74, 6) is -1.52. The normalized spacial score (nSPS) is 14.7. The van der Waals surface area contributed by atoms with E-state index in [1.165, 1.54) is 40.8 Å². The molecular formula is C19H14FN5O4S2.